The zero-order valence-electron chi connectivity index (χ0n) is 7.88. The van der Waals surface area contributed by atoms with E-state index < -0.39 is 0 Å². The highest BCUT2D eigenvalue weighted by molar-refractivity contribution is 5.10. The fourth-order valence-corrected chi connectivity index (χ4v) is 1.76. The van der Waals surface area contributed by atoms with Crippen LogP contribution in [0.25, 0.3) is 0 Å². The van der Waals surface area contributed by atoms with Gasteiger partial charge < -0.3 is 10.1 Å². The van der Waals surface area contributed by atoms with Gasteiger partial charge in [0.05, 0.1) is 17.6 Å². The van der Waals surface area contributed by atoms with Crippen LogP contribution in [0, 0.1) is 16.7 Å². The smallest absolute Gasteiger partial charge is 0.0703 e. The summed E-state index contributed by atoms with van der Waals surface area (Å²) in [4.78, 5) is 0. The molecule has 1 aliphatic heterocycles. The van der Waals surface area contributed by atoms with Gasteiger partial charge in [0.2, 0.25) is 0 Å². The molecule has 1 saturated carbocycles. The van der Waals surface area contributed by atoms with Gasteiger partial charge in [0.15, 0.2) is 0 Å². The average Bonchev–Trinajstić information content (AvgIpc) is 2.74. The Morgan fingerprint density at radius 3 is 2.92 bits per heavy atom. The Morgan fingerprint density at radius 2 is 2.38 bits per heavy atom. The van der Waals surface area contributed by atoms with E-state index in [1.54, 1.807) is 0 Å². The molecule has 0 aromatic carbocycles. The zero-order chi connectivity index (χ0) is 9.15. The van der Waals surface area contributed by atoms with E-state index in [0.717, 1.165) is 32.5 Å². The van der Waals surface area contributed by atoms with Crippen LogP contribution in [0.3, 0.4) is 0 Å². The Bertz CT molecular complexity index is 211. The first-order valence-corrected chi connectivity index (χ1v) is 5.08. The first kappa shape index (κ1) is 8.98. The third kappa shape index (κ3) is 2.20. The first-order valence-electron chi connectivity index (χ1n) is 5.08. The summed E-state index contributed by atoms with van der Waals surface area (Å²) >= 11 is 0. The van der Waals surface area contributed by atoms with Crippen LogP contribution in [-0.2, 0) is 4.74 Å². The molecule has 1 atom stereocenters. The zero-order valence-corrected chi connectivity index (χ0v) is 7.88. The Hall–Kier alpha value is -0.590. The number of nitrogens with one attached hydrogen (secondary N) is 1. The Morgan fingerprint density at radius 1 is 1.54 bits per heavy atom. The number of ether oxygens (including phenoxy) is 1. The Labute approximate surface area is 79.1 Å². The van der Waals surface area contributed by atoms with Gasteiger partial charge in [0.1, 0.15) is 0 Å². The summed E-state index contributed by atoms with van der Waals surface area (Å²) in [6, 6.07) is 2.37. The maximum atomic E-state index is 8.83. The van der Waals surface area contributed by atoms with Gasteiger partial charge in [-0.05, 0) is 25.7 Å². The average molecular weight is 180 g/mol. The number of hydrogen-bond acceptors (Lipinski definition) is 3. The minimum absolute atomic E-state index is 0.0153. The van der Waals surface area contributed by atoms with Gasteiger partial charge in [-0.2, -0.15) is 5.26 Å². The van der Waals surface area contributed by atoms with Crippen molar-refractivity contribution in [1.82, 2.24) is 5.32 Å². The molecule has 0 aromatic heterocycles. The molecule has 13 heavy (non-hydrogen) atoms. The van der Waals surface area contributed by atoms with Crippen LogP contribution < -0.4 is 5.32 Å². The van der Waals surface area contributed by atoms with Crippen LogP contribution >= 0.6 is 0 Å². The lowest BCUT2D eigenvalue weighted by Gasteiger charge is -2.12. The maximum absolute atomic E-state index is 8.83. The van der Waals surface area contributed by atoms with E-state index in [-0.39, 0.29) is 5.41 Å². The quantitative estimate of drug-likeness (QED) is 0.703. The summed E-state index contributed by atoms with van der Waals surface area (Å²) < 4.78 is 5.48. The molecule has 1 unspecified atom stereocenters. The van der Waals surface area contributed by atoms with E-state index in [1.807, 2.05) is 0 Å². The molecule has 3 heteroatoms. The van der Waals surface area contributed by atoms with E-state index in [0.29, 0.717) is 6.10 Å². The molecule has 1 N–H and O–H groups in total. The third-order valence-corrected chi connectivity index (χ3v) is 2.95. The van der Waals surface area contributed by atoms with Crippen LogP contribution in [0.5, 0.6) is 0 Å². The Balaban J connectivity index is 1.61. The number of hydrogen-bond donors (Lipinski definition) is 1. The summed E-state index contributed by atoms with van der Waals surface area (Å²) in [5.74, 6) is 0. The SMILES string of the molecule is N#CC1(CNCC2CCCO2)CC1. The molecular weight excluding hydrogens is 164 g/mol. The summed E-state index contributed by atoms with van der Waals surface area (Å²) in [6.45, 7) is 2.68. The minimum atomic E-state index is -0.0153. The number of rotatable bonds is 4. The molecule has 0 bridgehead atoms. The molecule has 2 rings (SSSR count). The Kier molecular flexibility index (Phi) is 2.52. The van der Waals surface area contributed by atoms with Crippen molar-refractivity contribution in [3.05, 3.63) is 0 Å². The van der Waals surface area contributed by atoms with E-state index >= 15 is 0 Å². The number of nitriles is 1. The monoisotopic (exact) mass is 180 g/mol. The topological polar surface area (TPSA) is 45.0 Å². The van der Waals surface area contributed by atoms with E-state index in [4.69, 9.17) is 10.00 Å². The van der Waals surface area contributed by atoms with Gasteiger partial charge in [0.25, 0.3) is 0 Å². The summed E-state index contributed by atoms with van der Waals surface area (Å²) in [5.41, 5.74) is -0.0153. The normalized spacial score (nSPS) is 29.9. The molecule has 2 fully saturated rings. The lowest BCUT2D eigenvalue weighted by Crippen LogP contribution is -2.30. The number of nitrogens with zero attached hydrogens (tertiary/aromatic N) is 1. The van der Waals surface area contributed by atoms with Crippen molar-refractivity contribution in [2.45, 2.75) is 31.8 Å². The van der Waals surface area contributed by atoms with E-state index in [9.17, 15) is 0 Å². The van der Waals surface area contributed by atoms with Crippen molar-refractivity contribution in [2.75, 3.05) is 19.7 Å². The predicted octanol–water partition coefficient (Wildman–Crippen LogP) is 1.06. The highest BCUT2D eigenvalue weighted by atomic mass is 16.5. The van der Waals surface area contributed by atoms with Crippen molar-refractivity contribution in [3.63, 3.8) is 0 Å². The van der Waals surface area contributed by atoms with Crippen molar-refractivity contribution in [2.24, 2.45) is 5.41 Å². The molecule has 0 aromatic rings. The van der Waals surface area contributed by atoms with Gasteiger partial charge >= 0.3 is 0 Å². The van der Waals surface area contributed by atoms with Gasteiger partial charge in [0, 0.05) is 19.7 Å². The van der Waals surface area contributed by atoms with Gasteiger partial charge in [-0.1, -0.05) is 0 Å². The summed E-state index contributed by atoms with van der Waals surface area (Å²) in [7, 11) is 0. The highest BCUT2D eigenvalue weighted by Gasteiger charge is 2.42. The van der Waals surface area contributed by atoms with E-state index in [1.165, 1.54) is 12.8 Å². The van der Waals surface area contributed by atoms with Crippen LogP contribution in [0.1, 0.15) is 25.7 Å². The minimum Gasteiger partial charge on any atom is -0.377 e. The fraction of sp³-hybridized carbons (Fsp3) is 0.900. The second kappa shape index (κ2) is 3.65. The molecule has 0 spiro atoms. The van der Waals surface area contributed by atoms with Crippen LogP contribution in [0.15, 0.2) is 0 Å². The second-order valence-electron chi connectivity index (χ2n) is 4.16. The molecular formula is C10H16N2O. The van der Waals surface area contributed by atoms with Crippen molar-refractivity contribution in [1.29, 1.82) is 5.26 Å². The standard InChI is InChI=1S/C10H16N2O/c11-7-10(3-4-10)8-12-6-9-2-1-5-13-9/h9,12H,1-6,8H2. The molecule has 1 heterocycles. The third-order valence-electron chi connectivity index (χ3n) is 2.95. The van der Waals surface area contributed by atoms with Gasteiger partial charge in [-0.3, -0.25) is 0 Å². The fourth-order valence-electron chi connectivity index (χ4n) is 1.76. The van der Waals surface area contributed by atoms with Crippen LogP contribution in [-0.4, -0.2) is 25.8 Å². The maximum Gasteiger partial charge on any atom is 0.0703 e. The molecule has 0 radical (unpaired) electrons. The van der Waals surface area contributed by atoms with Crippen LogP contribution in [0.4, 0.5) is 0 Å². The molecule has 1 saturated heterocycles. The largest absolute Gasteiger partial charge is 0.377 e. The van der Waals surface area contributed by atoms with Crippen LogP contribution in [0.2, 0.25) is 0 Å². The molecule has 72 valence electrons. The molecule has 1 aliphatic carbocycles. The van der Waals surface area contributed by atoms with Gasteiger partial charge in [-0.15, -0.1) is 0 Å². The molecule has 0 amide bonds. The lowest BCUT2D eigenvalue weighted by molar-refractivity contribution is 0.109. The van der Waals surface area contributed by atoms with Gasteiger partial charge in [-0.25, -0.2) is 0 Å². The summed E-state index contributed by atoms with van der Waals surface area (Å²) in [6.07, 6.45) is 4.90. The second-order valence-corrected chi connectivity index (χ2v) is 4.16. The molecule has 2 aliphatic rings. The van der Waals surface area contributed by atoms with Crippen molar-refractivity contribution >= 4 is 0 Å². The summed E-state index contributed by atoms with van der Waals surface area (Å²) in [5, 5.41) is 12.2. The highest BCUT2D eigenvalue weighted by Crippen LogP contribution is 2.43. The van der Waals surface area contributed by atoms with Crippen molar-refractivity contribution < 1.29 is 4.74 Å². The molecule has 3 nitrogen and oxygen atoms in total. The van der Waals surface area contributed by atoms with Crippen molar-refractivity contribution in [3.8, 4) is 6.07 Å². The van der Waals surface area contributed by atoms with E-state index in [2.05, 4.69) is 11.4 Å². The lowest BCUT2D eigenvalue weighted by atomic mass is 10.1. The first-order chi connectivity index (χ1) is 6.35. The predicted molar refractivity (Wildman–Crippen MR) is 49.1 cm³/mol.